The highest BCUT2D eigenvalue weighted by Crippen LogP contribution is 2.28. The second kappa shape index (κ2) is 5.81. The van der Waals surface area contributed by atoms with Crippen LogP contribution in [0, 0.1) is 5.92 Å². The first-order valence-electron chi connectivity index (χ1n) is 6.99. The zero-order valence-electron chi connectivity index (χ0n) is 11.3. The Morgan fingerprint density at radius 2 is 2.20 bits per heavy atom. The van der Waals surface area contributed by atoms with Crippen molar-refractivity contribution in [3.63, 3.8) is 0 Å². The third-order valence-electron chi connectivity index (χ3n) is 3.95. The second-order valence-corrected chi connectivity index (χ2v) is 5.26. The maximum atomic E-state index is 12.6. The van der Waals surface area contributed by atoms with Gasteiger partial charge in [0.2, 0.25) is 5.91 Å². The molecule has 2 unspecified atom stereocenters. The van der Waals surface area contributed by atoms with Gasteiger partial charge in [-0.25, -0.2) is 0 Å². The number of aliphatic hydroxyl groups excluding tert-OH is 1. The van der Waals surface area contributed by atoms with Crippen LogP contribution in [0.1, 0.15) is 5.56 Å². The molecule has 0 bridgehead atoms. The summed E-state index contributed by atoms with van der Waals surface area (Å²) in [6.07, 6.45) is 0.699. The van der Waals surface area contributed by atoms with Crippen LogP contribution in [0.3, 0.4) is 0 Å². The smallest absolute Gasteiger partial charge is 0.229 e. The van der Waals surface area contributed by atoms with Gasteiger partial charge in [0.05, 0.1) is 31.8 Å². The zero-order chi connectivity index (χ0) is 13.9. The molecule has 2 aliphatic heterocycles. The van der Waals surface area contributed by atoms with E-state index in [-0.39, 0.29) is 24.5 Å². The van der Waals surface area contributed by atoms with E-state index in [9.17, 15) is 9.90 Å². The Balaban J connectivity index is 1.72. The van der Waals surface area contributed by atoms with Crippen LogP contribution in [0.4, 0.5) is 0 Å². The van der Waals surface area contributed by atoms with Gasteiger partial charge in [-0.2, -0.15) is 0 Å². The summed E-state index contributed by atoms with van der Waals surface area (Å²) in [5.41, 5.74) is 1.07. The van der Waals surface area contributed by atoms with Crippen molar-refractivity contribution in [1.29, 1.82) is 0 Å². The number of amides is 1. The lowest BCUT2D eigenvalue weighted by Gasteiger charge is -2.37. The Morgan fingerprint density at radius 1 is 1.35 bits per heavy atom. The molecular weight excluding hydrogens is 258 g/mol. The van der Waals surface area contributed by atoms with Crippen molar-refractivity contribution in [2.24, 2.45) is 5.92 Å². The van der Waals surface area contributed by atoms with Crippen LogP contribution in [-0.2, 0) is 16.0 Å². The van der Waals surface area contributed by atoms with Gasteiger partial charge in [0, 0.05) is 6.54 Å². The maximum Gasteiger partial charge on any atom is 0.229 e. The highest BCUT2D eigenvalue weighted by Gasteiger charge is 2.34. The van der Waals surface area contributed by atoms with Crippen LogP contribution in [-0.4, -0.2) is 54.9 Å². The molecule has 0 aromatic heterocycles. The van der Waals surface area contributed by atoms with Crippen LogP contribution < -0.4 is 4.74 Å². The van der Waals surface area contributed by atoms with Gasteiger partial charge in [-0.05, 0) is 18.1 Å². The number of carbonyl (C=O) groups excluding carboxylic acids is 1. The topological polar surface area (TPSA) is 59.0 Å². The maximum absolute atomic E-state index is 12.6. The monoisotopic (exact) mass is 277 g/mol. The molecule has 108 valence electrons. The third-order valence-corrected chi connectivity index (χ3v) is 3.95. The number of morpholine rings is 1. The Bertz CT molecular complexity index is 491. The molecule has 2 aliphatic rings. The molecule has 0 radical (unpaired) electrons. The fraction of sp³-hybridized carbons (Fsp3) is 0.533. The number of hydrogen-bond donors (Lipinski definition) is 1. The molecule has 0 spiro atoms. The highest BCUT2D eigenvalue weighted by molar-refractivity contribution is 5.80. The van der Waals surface area contributed by atoms with E-state index in [1.165, 1.54) is 0 Å². The number of benzene rings is 1. The number of rotatable bonds is 2. The molecule has 1 aromatic rings. The van der Waals surface area contributed by atoms with E-state index in [0.29, 0.717) is 32.8 Å². The number of para-hydroxylation sites is 1. The molecular formula is C15H19NO4. The van der Waals surface area contributed by atoms with Crippen molar-refractivity contribution < 1.29 is 19.4 Å². The molecule has 20 heavy (non-hydrogen) atoms. The summed E-state index contributed by atoms with van der Waals surface area (Å²) in [5, 5.41) is 9.36. The normalized spacial score (nSPS) is 25.8. The highest BCUT2D eigenvalue weighted by atomic mass is 16.5. The van der Waals surface area contributed by atoms with E-state index in [2.05, 4.69) is 0 Å². The molecule has 1 aromatic carbocycles. The van der Waals surface area contributed by atoms with Gasteiger partial charge in [0.15, 0.2) is 0 Å². The molecule has 2 heterocycles. The lowest BCUT2D eigenvalue weighted by molar-refractivity contribution is -0.147. The number of nitrogens with zero attached hydrogens (tertiary/aromatic N) is 1. The number of ether oxygens (including phenoxy) is 2. The minimum absolute atomic E-state index is 0.0573. The molecule has 5 nitrogen and oxygen atoms in total. The molecule has 5 heteroatoms. The summed E-state index contributed by atoms with van der Waals surface area (Å²) in [6.45, 7) is 1.84. The Hall–Kier alpha value is -1.59. The summed E-state index contributed by atoms with van der Waals surface area (Å²) < 4.78 is 11.0. The van der Waals surface area contributed by atoms with E-state index in [0.717, 1.165) is 11.3 Å². The Morgan fingerprint density at radius 3 is 3.05 bits per heavy atom. The van der Waals surface area contributed by atoms with Gasteiger partial charge in [-0.1, -0.05) is 18.2 Å². The molecule has 3 rings (SSSR count). The molecule has 1 amide bonds. The van der Waals surface area contributed by atoms with Crippen LogP contribution in [0.15, 0.2) is 24.3 Å². The molecule has 0 aliphatic carbocycles. The van der Waals surface area contributed by atoms with E-state index in [4.69, 9.17) is 9.47 Å². The SMILES string of the molecule is O=C(C1COc2ccccc2C1)N1CCOCC1CO. The fourth-order valence-electron chi connectivity index (χ4n) is 2.82. The first kappa shape index (κ1) is 13.4. The van der Waals surface area contributed by atoms with Gasteiger partial charge >= 0.3 is 0 Å². The fourth-order valence-corrected chi connectivity index (χ4v) is 2.82. The second-order valence-electron chi connectivity index (χ2n) is 5.26. The molecule has 0 saturated carbocycles. The zero-order valence-corrected chi connectivity index (χ0v) is 11.3. The molecule has 1 N–H and O–H groups in total. The number of aliphatic hydroxyl groups is 1. The van der Waals surface area contributed by atoms with Gasteiger partial charge in [-0.3, -0.25) is 4.79 Å². The number of fused-ring (bicyclic) bond motifs is 1. The predicted molar refractivity (Wildman–Crippen MR) is 72.5 cm³/mol. The Labute approximate surface area is 118 Å². The van der Waals surface area contributed by atoms with E-state index >= 15 is 0 Å². The van der Waals surface area contributed by atoms with E-state index in [1.807, 2.05) is 24.3 Å². The lowest BCUT2D eigenvalue weighted by Crippen LogP contribution is -2.53. The lowest BCUT2D eigenvalue weighted by atomic mass is 9.95. The minimum Gasteiger partial charge on any atom is -0.492 e. The van der Waals surface area contributed by atoms with Crippen LogP contribution in [0.2, 0.25) is 0 Å². The standard InChI is InChI=1S/C15H19NO4/c17-8-13-10-19-6-5-16(13)15(18)12-7-11-3-1-2-4-14(11)20-9-12/h1-4,12-13,17H,5-10H2. The average molecular weight is 277 g/mol. The first-order chi connectivity index (χ1) is 9.79. The van der Waals surface area contributed by atoms with Crippen LogP contribution in [0.5, 0.6) is 5.75 Å². The summed E-state index contributed by atoms with van der Waals surface area (Å²) in [5.74, 6) is 0.760. The summed E-state index contributed by atoms with van der Waals surface area (Å²) >= 11 is 0. The van der Waals surface area contributed by atoms with E-state index in [1.54, 1.807) is 4.90 Å². The number of hydrogen-bond acceptors (Lipinski definition) is 4. The van der Waals surface area contributed by atoms with Crippen molar-refractivity contribution in [1.82, 2.24) is 4.90 Å². The van der Waals surface area contributed by atoms with Gasteiger partial charge in [0.1, 0.15) is 12.4 Å². The van der Waals surface area contributed by atoms with Gasteiger partial charge in [-0.15, -0.1) is 0 Å². The molecule has 2 atom stereocenters. The summed E-state index contributed by atoms with van der Waals surface area (Å²) in [7, 11) is 0. The van der Waals surface area contributed by atoms with Crippen LogP contribution in [0.25, 0.3) is 0 Å². The summed E-state index contributed by atoms with van der Waals surface area (Å²) in [6, 6.07) is 7.60. The van der Waals surface area contributed by atoms with Crippen molar-refractivity contribution in [3.05, 3.63) is 29.8 Å². The average Bonchev–Trinajstić information content (AvgIpc) is 2.53. The largest absolute Gasteiger partial charge is 0.492 e. The quantitative estimate of drug-likeness (QED) is 0.853. The van der Waals surface area contributed by atoms with Gasteiger partial charge < -0.3 is 19.5 Å². The van der Waals surface area contributed by atoms with Crippen molar-refractivity contribution in [2.75, 3.05) is 33.0 Å². The van der Waals surface area contributed by atoms with Crippen molar-refractivity contribution in [2.45, 2.75) is 12.5 Å². The minimum atomic E-state index is -0.228. The van der Waals surface area contributed by atoms with Crippen LogP contribution >= 0.6 is 0 Å². The Kier molecular flexibility index (Phi) is 3.89. The third kappa shape index (κ3) is 2.51. The molecule has 1 fully saturated rings. The molecule has 1 saturated heterocycles. The van der Waals surface area contributed by atoms with E-state index < -0.39 is 0 Å². The van der Waals surface area contributed by atoms with Crippen molar-refractivity contribution in [3.8, 4) is 5.75 Å². The predicted octanol–water partition coefficient (Wildman–Crippen LogP) is 0.457. The summed E-state index contributed by atoms with van der Waals surface area (Å²) in [4.78, 5) is 14.4. The van der Waals surface area contributed by atoms with Gasteiger partial charge in [0.25, 0.3) is 0 Å². The number of carbonyl (C=O) groups is 1. The first-order valence-corrected chi connectivity index (χ1v) is 6.99. The van der Waals surface area contributed by atoms with Crippen molar-refractivity contribution >= 4 is 5.91 Å².